The van der Waals surface area contributed by atoms with Gasteiger partial charge in [0, 0.05) is 19.1 Å². The Bertz CT molecular complexity index is 390. The molecule has 0 bridgehead atoms. The molecule has 0 radical (unpaired) electrons. The number of hydrogen-bond donors (Lipinski definition) is 1. The zero-order valence-corrected chi connectivity index (χ0v) is 13.4. The van der Waals surface area contributed by atoms with E-state index >= 15 is 0 Å². The van der Waals surface area contributed by atoms with Crippen LogP contribution in [0.15, 0.2) is 0 Å². The van der Waals surface area contributed by atoms with Crippen molar-refractivity contribution in [1.82, 2.24) is 5.32 Å². The number of rotatable bonds is 3. The van der Waals surface area contributed by atoms with E-state index in [4.69, 9.17) is 9.47 Å². The molecule has 0 spiro atoms. The van der Waals surface area contributed by atoms with Gasteiger partial charge in [-0.25, -0.2) is 4.79 Å². The number of alkyl carbamates (subject to hydrolysis) is 1. The van der Waals surface area contributed by atoms with Gasteiger partial charge in [-0.15, -0.1) is 0 Å². The van der Waals surface area contributed by atoms with Crippen LogP contribution in [-0.2, 0) is 14.3 Å². The van der Waals surface area contributed by atoms with Crippen LogP contribution >= 0.6 is 0 Å². The first kappa shape index (κ1) is 16.3. The monoisotopic (exact) mass is 297 g/mol. The maximum atomic E-state index is 11.9. The molecule has 0 heterocycles. The predicted octanol–water partition coefficient (Wildman–Crippen LogP) is 2.53. The fourth-order valence-electron chi connectivity index (χ4n) is 3.81. The van der Waals surface area contributed by atoms with Crippen molar-refractivity contribution >= 4 is 12.4 Å². The van der Waals surface area contributed by atoms with Gasteiger partial charge in [0.2, 0.25) is 0 Å². The molecule has 0 unspecified atom stereocenters. The van der Waals surface area contributed by atoms with Crippen molar-refractivity contribution in [2.45, 2.75) is 64.2 Å². The maximum absolute atomic E-state index is 11.9. The minimum atomic E-state index is -0.485. The van der Waals surface area contributed by atoms with E-state index in [1.807, 2.05) is 20.8 Å². The molecule has 2 rings (SSSR count). The Kier molecular flexibility index (Phi) is 4.91. The average molecular weight is 297 g/mol. The van der Waals surface area contributed by atoms with Crippen LogP contribution in [0.25, 0.3) is 0 Å². The SMILES string of the molecule is CO[C@H]1C[C@H]2CC[C@@H](NC(=O)OC(C)(C)C)C[C@H]2[C@@H]1C=O. The average Bonchev–Trinajstić information content (AvgIpc) is 2.73. The number of carbonyl (C=O) groups is 2. The van der Waals surface area contributed by atoms with Crippen molar-refractivity contribution in [1.29, 1.82) is 0 Å². The van der Waals surface area contributed by atoms with Crippen molar-refractivity contribution in [3.05, 3.63) is 0 Å². The Morgan fingerprint density at radius 2 is 1.95 bits per heavy atom. The molecule has 21 heavy (non-hydrogen) atoms. The van der Waals surface area contributed by atoms with E-state index < -0.39 is 5.60 Å². The highest BCUT2D eigenvalue weighted by molar-refractivity contribution is 5.68. The second kappa shape index (κ2) is 6.34. The third-order valence-electron chi connectivity index (χ3n) is 4.69. The Balaban J connectivity index is 1.92. The van der Waals surface area contributed by atoms with E-state index in [2.05, 4.69) is 5.32 Å². The molecule has 5 atom stereocenters. The van der Waals surface area contributed by atoms with Gasteiger partial charge in [-0.3, -0.25) is 0 Å². The number of nitrogens with one attached hydrogen (secondary N) is 1. The standard InChI is InChI=1S/C16H27NO4/c1-16(2,3)21-15(19)17-11-6-5-10-7-14(20-4)13(9-18)12(10)8-11/h9-14H,5-8H2,1-4H3,(H,17,19)/t10-,11-,12-,13+,14+/m1/s1. The second-order valence-electron chi connectivity index (χ2n) is 7.30. The van der Waals surface area contributed by atoms with Gasteiger partial charge in [0.15, 0.2) is 0 Å². The van der Waals surface area contributed by atoms with Crippen LogP contribution in [0.2, 0.25) is 0 Å². The first-order chi connectivity index (χ1) is 9.84. The molecule has 1 N–H and O–H groups in total. The Morgan fingerprint density at radius 1 is 1.24 bits per heavy atom. The summed E-state index contributed by atoms with van der Waals surface area (Å²) >= 11 is 0. The van der Waals surface area contributed by atoms with Crippen LogP contribution in [-0.4, -0.2) is 37.2 Å². The molecule has 0 aromatic heterocycles. The Labute approximate surface area is 126 Å². The molecule has 0 aliphatic heterocycles. The van der Waals surface area contributed by atoms with Crippen LogP contribution in [0.5, 0.6) is 0 Å². The number of fused-ring (bicyclic) bond motifs is 1. The highest BCUT2D eigenvalue weighted by atomic mass is 16.6. The second-order valence-corrected chi connectivity index (χ2v) is 7.30. The predicted molar refractivity (Wildman–Crippen MR) is 79.0 cm³/mol. The van der Waals surface area contributed by atoms with Crippen LogP contribution in [0.1, 0.15) is 46.5 Å². The topological polar surface area (TPSA) is 64.6 Å². The molecular formula is C16H27NO4. The number of amides is 1. The quantitative estimate of drug-likeness (QED) is 0.813. The summed E-state index contributed by atoms with van der Waals surface area (Å²) < 4.78 is 10.7. The molecule has 1 amide bonds. The summed E-state index contributed by atoms with van der Waals surface area (Å²) in [6.45, 7) is 5.56. The number of hydrogen-bond acceptors (Lipinski definition) is 4. The van der Waals surface area contributed by atoms with Gasteiger partial charge >= 0.3 is 6.09 Å². The van der Waals surface area contributed by atoms with Gasteiger partial charge in [-0.05, 0) is 58.3 Å². The molecule has 2 aliphatic rings. The fourth-order valence-corrected chi connectivity index (χ4v) is 3.81. The summed E-state index contributed by atoms with van der Waals surface area (Å²) in [5, 5.41) is 2.95. The lowest BCUT2D eigenvalue weighted by Gasteiger charge is -2.34. The molecule has 2 fully saturated rings. The number of methoxy groups -OCH3 is 1. The van der Waals surface area contributed by atoms with Crippen LogP contribution in [0.3, 0.4) is 0 Å². The largest absolute Gasteiger partial charge is 0.444 e. The van der Waals surface area contributed by atoms with E-state index in [1.165, 1.54) is 0 Å². The highest BCUT2D eigenvalue weighted by Gasteiger charge is 2.46. The van der Waals surface area contributed by atoms with Gasteiger partial charge in [0.1, 0.15) is 11.9 Å². The molecule has 2 aliphatic carbocycles. The van der Waals surface area contributed by atoms with Crippen molar-refractivity contribution in [2.75, 3.05) is 7.11 Å². The summed E-state index contributed by atoms with van der Waals surface area (Å²) in [5.41, 5.74) is -0.485. The van der Waals surface area contributed by atoms with Gasteiger partial charge in [-0.1, -0.05) is 0 Å². The molecule has 2 saturated carbocycles. The van der Waals surface area contributed by atoms with Gasteiger partial charge in [0.05, 0.1) is 6.10 Å². The van der Waals surface area contributed by atoms with Crippen LogP contribution in [0.4, 0.5) is 4.79 Å². The zero-order chi connectivity index (χ0) is 15.6. The van der Waals surface area contributed by atoms with Crippen LogP contribution < -0.4 is 5.32 Å². The summed E-state index contributed by atoms with van der Waals surface area (Å²) in [7, 11) is 1.68. The first-order valence-corrected chi connectivity index (χ1v) is 7.81. The maximum Gasteiger partial charge on any atom is 0.407 e. The van der Waals surface area contributed by atoms with Crippen molar-refractivity contribution < 1.29 is 19.1 Å². The normalized spacial score (nSPS) is 35.9. The molecule has 0 aromatic rings. The molecular weight excluding hydrogens is 270 g/mol. The fraction of sp³-hybridized carbons (Fsp3) is 0.875. The van der Waals surface area contributed by atoms with E-state index in [0.717, 1.165) is 32.0 Å². The Morgan fingerprint density at radius 3 is 2.52 bits per heavy atom. The minimum absolute atomic E-state index is 0.0387. The molecule has 120 valence electrons. The van der Waals surface area contributed by atoms with Crippen molar-refractivity contribution in [3.8, 4) is 0 Å². The van der Waals surface area contributed by atoms with Crippen molar-refractivity contribution in [3.63, 3.8) is 0 Å². The van der Waals surface area contributed by atoms with E-state index in [-0.39, 0.29) is 24.2 Å². The molecule has 5 nitrogen and oxygen atoms in total. The van der Waals surface area contributed by atoms with Gasteiger partial charge < -0.3 is 19.6 Å². The third kappa shape index (κ3) is 3.96. The Hall–Kier alpha value is -1.10. The number of carbonyl (C=O) groups excluding carboxylic acids is 2. The summed E-state index contributed by atoms with van der Waals surface area (Å²) in [4.78, 5) is 23.2. The molecule has 0 aromatic carbocycles. The number of aldehydes is 1. The van der Waals surface area contributed by atoms with E-state index in [0.29, 0.717) is 11.8 Å². The van der Waals surface area contributed by atoms with Crippen LogP contribution in [0, 0.1) is 17.8 Å². The van der Waals surface area contributed by atoms with E-state index in [9.17, 15) is 9.59 Å². The molecule has 5 heteroatoms. The lowest BCUT2D eigenvalue weighted by Crippen LogP contribution is -2.43. The first-order valence-electron chi connectivity index (χ1n) is 7.81. The van der Waals surface area contributed by atoms with E-state index in [1.54, 1.807) is 7.11 Å². The third-order valence-corrected chi connectivity index (χ3v) is 4.69. The number of ether oxygens (including phenoxy) is 2. The lowest BCUT2D eigenvalue weighted by atomic mass is 9.76. The van der Waals surface area contributed by atoms with Gasteiger partial charge in [0.25, 0.3) is 0 Å². The summed E-state index contributed by atoms with van der Waals surface area (Å²) in [6.07, 6.45) is 4.50. The summed E-state index contributed by atoms with van der Waals surface area (Å²) in [5.74, 6) is 0.825. The highest BCUT2D eigenvalue weighted by Crippen LogP contribution is 2.46. The summed E-state index contributed by atoms with van der Waals surface area (Å²) in [6, 6.07) is 0.0964. The van der Waals surface area contributed by atoms with Crippen molar-refractivity contribution in [2.24, 2.45) is 17.8 Å². The minimum Gasteiger partial charge on any atom is -0.444 e. The zero-order valence-electron chi connectivity index (χ0n) is 13.4. The molecule has 0 saturated heterocycles. The smallest absolute Gasteiger partial charge is 0.407 e. The van der Waals surface area contributed by atoms with Gasteiger partial charge in [-0.2, -0.15) is 0 Å². The lowest BCUT2D eigenvalue weighted by molar-refractivity contribution is -0.115.